The summed E-state index contributed by atoms with van der Waals surface area (Å²) >= 11 is 0. The highest BCUT2D eigenvalue weighted by Crippen LogP contribution is 2.75. The second kappa shape index (κ2) is 18.1. The van der Waals surface area contributed by atoms with Crippen LogP contribution in [0.25, 0.3) is 0 Å². The molecule has 3 heterocycles. The number of carboxylic acid groups (broad SMARTS) is 1. The molecular weight excluding hydrogens is 881 g/mol. The number of ether oxygens (including phenoxy) is 6. The molecule has 0 radical (unpaired) electrons. The maximum Gasteiger partial charge on any atom is 0.335 e. The third-order valence-electron chi connectivity index (χ3n) is 19.3. The minimum Gasteiger partial charge on any atom is -0.479 e. The number of ketones is 1. The topological polar surface area (TPSA) is 312 Å². The Balaban J connectivity index is 1.08. The Bertz CT molecular complexity index is 1880. The third-order valence-corrected chi connectivity index (χ3v) is 19.3. The van der Waals surface area contributed by atoms with Crippen molar-refractivity contribution in [2.75, 3.05) is 19.8 Å². The number of aliphatic hydroxyl groups is 10. The van der Waals surface area contributed by atoms with Gasteiger partial charge in [-0.05, 0) is 90.8 Å². The highest BCUT2D eigenvalue weighted by molar-refractivity contribution is 5.87. The molecule has 382 valence electrons. The van der Waals surface area contributed by atoms with Gasteiger partial charge in [0.1, 0.15) is 72.9 Å². The van der Waals surface area contributed by atoms with Crippen molar-refractivity contribution in [1.82, 2.24) is 0 Å². The second-order valence-electron chi connectivity index (χ2n) is 23.4. The van der Waals surface area contributed by atoms with Crippen molar-refractivity contribution in [3.63, 3.8) is 0 Å². The fourth-order valence-electron chi connectivity index (χ4n) is 14.9. The number of fused-ring (bicyclic) bond motifs is 7. The fraction of sp³-hybridized carbons (Fsp3) is 0.917. The molecule has 0 spiro atoms. The van der Waals surface area contributed by atoms with Crippen molar-refractivity contribution in [2.45, 2.75) is 204 Å². The zero-order valence-corrected chi connectivity index (χ0v) is 39.7. The van der Waals surface area contributed by atoms with E-state index in [1.165, 1.54) is 5.57 Å². The van der Waals surface area contributed by atoms with E-state index in [0.29, 0.717) is 25.0 Å². The normalized spacial score (nSPS) is 54.2. The number of aliphatic carboxylic acids is 1. The smallest absolute Gasteiger partial charge is 0.335 e. The Kier molecular flexibility index (Phi) is 13.9. The lowest BCUT2D eigenvalue weighted by atomic mass is 9.33. The molecule has 0 aromatic heterocycles. The van der Waals surface area contributed by atoms with E-state index in [2.05, 4.69) is 47.6 Å². The zero-order chi connectivity index (χ0) is 49.1. The van der Waals surface area contributed by atoms with Crippen LogP contribution in [0.15, 0.2) is 11.6 Å². The molecule has 24 atom stereocenters. The molecule has 0 aromatic rings. The van der Waals surface area contributed by atoms with Crippen LogP contribution in [0.2, 0.25) is 0 Å². The summed E-state index contributed by atoms with van der Waals surface area (Å²) in [4.78, 5) is 26.3. The summed E-state index contributed by atoms with van der Waals surface area (Å²) in [6.45, 7) is 13.7. The molecule has 8 rings (SSSR count). The summed E-state index contributed by atoms with van der Waals surface area (Å²) in [7, 11) is 0. The predicted octanol–water partition coefficient (Wildman–Crippen LogP) is -0.115. The molecule has 67 heavy (non-hydrogen) atoms. The van der Waals surface area contributed by atoms with Crippen LogP contribution in [0.5, 0.6) is 0 Å². The monoisotopic (exact) mass is 956 g/mol. The van der Waals surface area contributed by atoms with Gasteiger partial charge in [0.05, 0.1) is 25.9 Å². The van der Waals surface area contributed by atoms with Crippen LogP contribution in [0.4, 0.5) is 0 Å². The predicted molar refractivity (Wildman–Crippen MR) is 231 cm³/mol. The van der Waals surface area contributed by atoms with Crippen molar-refractivity contribution in [3.05, 3.63) is 11.6 Å². The summed E-state index contributed by atoms with van der Waals surface area (Å²) in [5, 5.41) is 118. The fourth-order valence-corrected chi connectivity index (χ4v) is 14.9. The van der Waals surface area contributed by atoms with E-state index in [-0.39, 0.29) is 51.4 Å². The number of hydrogen-bond donors (Lipinski definition) is 11. The Morgan fingerprint density at radius 2 is 1.25 bits per heavy atom. The Morgan fingerprint density at radius 1 is 0.672 bits per heavy atom. The van der Waals surface area contributed by atoms with Crippen molar-refractivity contribution < 1.29 is 94.2 Å². The van der Waals surface area contributed by atoms with Crippen LogP contribution in [0, 0.1) is 50.2 Å². The minimum absolute atomic E-state index is 0.0909. The highest BCUT2D eigenvalue weighted by Gasteiger charge is 2.70. The number of hydrogen-bond acceptors (Lipinski definition) is 18. The highest BCUT2D eigenvalue weighted by atomic mass is 16.8. The zero-order valence-electron chi connectivity index (χ0n) is 39.7. The van der Waals surface area contributed by atoms with Crippen molar-refractivity contribution in [2.24, 2.45) is 50.2 Å². The molecule has 8 aliphatic rings. The van der Waals surface area contributed by atoms with Gasteiger partial charge >= 0.3 is 5.97 Å². The molecule has 0 amide bonds. The second-order valence-corrected chi connectivity index (χ2v) is 23.4. The van der Waals surface area contributed by atoms with Gasteiger partial charge in [-0.1, -0.05) is 60.1 Å². The maximum absolute atomic E-state index is 13.8. The third kappa shape index (κ3) is 8.01. The van der Waals surface area contributed by atoms with Crippen LogP contribution < -0.4 is 0 Å². The van der Waals surface area contributed by atoms with E-state index >= 15 is 0 Å². The lowest BCUT2D eigenvalue weighted by Crippen LogP contribution is -2.68. The number of rotatable bonds is 10. The first kappa shape index (κ1) is 51.6. The maximum atomic E-state index is 13.8. The summed E-state index contributed by atoms with van der Waals surface area (Å²) in [6.07, 6.45) is -19.5. The number of aliphatic hydroxyl groups excluding tert-OH is 10. The number of allylic oxidation sites excluding steroid dienone is 2. The van der Waals surface area contributed by atoms with Crippen LogP contribution in [0.1, 0.15) is 106 Å². The van der Waals surface area contributed by atoms with Crippen LogP contribution in [-0.2, 0) is 38.0 Å². The summed E-state index contributed by atoms with van der Waals surface area (Å²) in [6, 6.07) is 0. The van der Waals surface area contributed by atoms with E-state index in [1.54, 1.807) is 0 Å². The van der Waals surface area contributed by atoms with Crippen molar-refractivity contribution in [1.29, 1.82) is 0 Å². The first-order valence-electron chi connectivity index (χ1n) is 24.3. The van der Waals surface area contributed by atoms with E-state index < -0.39 is 123 Å². The van der Waals surface area contributed by atoms with Crippen LogP contribution >= 0.6 is 0 Å². The molecule has 9 unspecified atom stereocenters. The minimum atomic E-state index is -2.10. The summed E-state index contributed by atoms with van der Waals surface area (Å²) in [5.41, 5.74) is -0.597. The lowest BCUT2D eigenvalue weighted by molar-refractivity contribution is -0.397. The molecule has 5 aliphatic carbocycles. The van der Waals surface area contributed by atoms with E-state index in [4.69, 9.17) is 28.4 Å². The van der Waals surface area contributed by atoms with E-state index in [1.807, 2.05) is 6.92 Å². The first-order chi connectivity index (χ1) is 31.3. The first-order valence-corrected chi connectivity index (χ1v) is 24.3. The quantitative estimate of drug-likeness (QED) is 0.101. The number of carboxylic acids is 1. The SMILES string of the molecule is CC1(C)CC(=O)C2(C)CCC3(C)C(=CCC4C5(C)CCC(O[C@@H]6O[C@H](C(=O)O)[C@@H](O)[C@H](O)[C@H]6O[C@@H]6O[C@H](CO)[C@H](O)[C@H](O)[C@H]6O[C@@H]6O[C@H](CO)[C@@H](O)[C@H](O)[C@H]6O)C(C)(CO)C5CCC43C)C2C1. The molecule has 19 heteroatoms. The van der Waals surface area contributed by atoms with Crippen LogP contribution in [-0.4, -0.2) is 186 Å². The summed E-state index contributed by atoms with van der Waals surface area (Å²) < 4.78 is 35.9. The average Bonchev–Trinajstić information content (AvgIpc) is 3.27. The van der Waals surface area contributed by atoms with Gasteiger partial charge in [-0.3, -0.25) is 4.79 Å². The number of carbonyl (C=O) groups excluding carboxylic acids is 1. The van der Waals surface area contributed by atoms with Gasteiger partial charge in [-0.2, -0.15) is 0 Å². The largest absolute Gasteiger partial charge is 0.479 e. The van der Waals surface area contributed by atoms with E-state index in [0.717, 1.165) is 38.5 Å². The molecule has 4 saturated carbocycles. The Labute approximate surface area is 391 Å². The van der Waals surface area contributed by atoms with Gasteiger partial charge in [0.15, 0.2) is 25.0 Å². The van der Waals surface area contributed by atoms with Crippen LogP contribution in [0.3, 0.4) is 0 Å². The molecule has 3 saturated heterocycles. The molecule has 0 aromatic carbocycles. The van der Waals surface area contributed by atoms with Gasteiger partial charge in [0, 0.05) is 17.3 Å². The summed E-state index contributed by atoms with van der Waals surface area (Å²) in [5.74, 6) is -0.996. The Morgan fingerprint density at radius 3 is 1.87 bits per heavy atom. The molecule has 0 bridgehead atoms. The molecule has 19 nitrogen and oxygen atoms in total. The van der Waals surface area contributed by atoms with Gasteiger partial charge in [0.2, 0.25) is 0 Å². The van der Waals surface area contributed by atoms with Gasteiger partial charge < -0.3 is 84.6 Å². The van der Waals surface area contributed by atoms with Gasteiger partial charge in [0.25, 0.3) is 0 Å². The van der Waals surface area contributed by atoms with Crippen molar-refractivity contribution >= 4 is 11.8 Å². The molecule has 7 fully saturated rings. The molecule has 3 aliphatic heterocycles. The molecule has 11 N–H and O–H groups in total. The molecular formula is C48H76O19. The van der Waals surface area contributed by atoms with Gasteiger partial charge in [-0.25, -0.2) is 4.79 Å². The van der Waals surface area contributed by atoms with Gasteiger partial charge in [-0.15, -0.1) is 0 Å². The standard InChI is InChI=1S/C48H76O19/c1-43(2)16-22-21-8-9-26-45(4)12-11-28(46(5,20-51)25(45)10-13-48(26,7)47(21,6)15-14-44(22,3)27(52)17-43)64-42-38(34(58)33(57)36(65-42)39(60)61)67-41-37(32(56)30(54)24(19-50)63-41)66-40-35(59)31(55)29(53)23(18-49)62-40/h8,22-26,28-38,40-42,49-51,53-59H,9-20H2,1-7H3,(H,60,61)/t22?,23-,24-,25?,26?,28?,29-,30+,31+,32+,33+,34+,35-,36+,37-,38-,40+,41+,42-,44?,45?,46?,47?,48?/m1/s1. The van der Waals surface area contributed by atoms with E-state index in [9.17, 15) is 65.8 Å². The van der Waals surface area contributed by atoms with Crippen molar-refractivity contribution in [3.8, 4) is 0 Å². The lowest BCUT2D eigenvalue weighted by Gasteiger charge is -2.71. The Hall–Kier alpha value is -1.76. The number of carbonyl (C=O) groups is 2. The average molecular weight is 957 g/mol. The number of Topliss-reactive ketones (excluding diaryl/α,β-unsaturated/α-hetero) is 1.